The van der Waals surface area contributed by atoms with Crippen LogP contribution in [0.5, 0.6) is 0 Å². The van der Waals surface area contributed by atoms with E-state index in [-0.39, 0.29) is 16.3 Å². The zero-order valence-corrected chi connectivity index (χ0v) is 10.2. The first-order valence-corrected chi connectivity index (χ1v) is 5.86. The average Bonchev–Trinajstić information content (AvgIpc) is 2.38. The molecule has 1 aromatic rings. The molecule has 0 saturated carbocycles. The van der Waals surface area contributed by atoms with Gasteiger partial charge >= 0.3 is 0 Å². The van der Waals surface area contributed by atoms with E-state index in [9.17, 15) is 14.9 Å². The fourth-order valence-corrected chi connectivity index (χ4v) is 2.01. The Morgan fingerprint density at radius 3 is 2.83 bits per heavy atom. The zero-order chi connectivity index (χ0) is 13.1. The standard InChI is InChI=1S/C11H11ClN2O4/c12-8-4-3-5-9(14(16)17)10(8)11(15)13-6-1-2-7-18-13/h3-5H,1-2,6-7H2. The van der Waals surface area contributed by atoms with Crippen molar-refractivity contribution < 1.29 is 14.6 Å². The van der Waals surface area contributed by atoms with Crippen molar-refractivity contribution in [2.75, 3.05) is 13.2 Å². The fraction of sp³-hybridized carbons (Fsp3) is 0.364. The summed E-state index contributed by atoms with van der Waals surface area (Å²) in [4.78, 5) is 27.6. The summed E-state index contributed by atoms with van der Waals surface area (Å²) < 4.78 is 0. The normalized spacial score (nSPS) is 15.5. The van der Waals surface area contributed by atoms with Gasteiger partial charge in [0.25, 0.3) is 11.6 Å². The Labute approximate surface area is 108 Å². The molecule has 1 saturated heterocycles. The van der Waals surface area contributed by atoms with Crippen LogP contribution >= 0.6 is 11.6 Å². The maximum atomic E-state index is 12.2. The molecule has 0 atom stereocenters. The highest BCUT2D eigenvalue weighted by Gasteiger charge is 2.29. The number of benzene rings is 1. The number of nitrogens with zero attached hydrogens (tertiary/aromatic N) is 2. The van der Waals surface area contributed by atoms with E-state index in [4.69, 9.17) is 16.4 Å². The van der Waals surface area contributed by atoms with Crippen molar-refractivity contribution in [3.63, 3.8) is 0 Å². The number of hydroxylamine groups is 2. The Bertz CT molecular complexity index is 486. The molecule has 1 aromatic carbocycles. The van der Waals surface area contributed by atoms with E-state index in [1.165, 1.54) is 18.2 Å². The number of nitro groups is 1. The molecule has 0 unspecified atom stereocenters. The van der Waals surface area contributed by atoms with Crippen molar-refractivity contribution >= 4 is 23.2 Å². The SMILES string of the molecule is O=C(c1c(Cl)cccc1[N+](=O)[O-])N1CCCCO1. The third-order valence-corrected chi connectivity index (χ3v) is 2.95. The smallest absolute Gasteiger partial charge is 0.271 e. The first kappa shape index (κ1) is 12.8. The summed E-state index contributed by atoms with van der Waals surface area (Å²) in [6, 6.07) is 4.14. The minimum Gasteiger partial charge on any atom is -0.271 e. The van der Waals surface area contributed by atoms with E-state index in [0.717, 1.165) is 17.9 Å². The van der Waals surface area contributed by atoms with Crippen LogP contribution in [0, 0.1) is 10.1 Å². The summed E-state index contributed by atoms with van der Waals surface area (Å²) in [5.41, 5.74) is -0.423. The molecule has 1 fully saturated rings. The van der Waals surface area contributed by atoms with E-state index in [1.54, 1.807) is 0 Å². The van der Waals surface area contributed by atoms with Crippen LogP contribution in [-0.4, -0.2) is 29.0 Å². The Kier molecular flexibility index (Phi) is 3.78. The summed E-state index contributed by atoms with van der Waals surface area (Å²) in [7, 11) is 0. The molecule has 0 bridgehead atoms. The van der Waals surface area contributed by atoms with E-state index < -0.39 is 10.8 Å². The number of carbonyl (C=O) groups excluding carboxylic acids is 1. The second kappa shape index (κ2) is 5.32. The van der Waals surface area contributed by atoms with Crippen LogP contribution in [0.1, 0.15) is 23.2 Å². The molecule has 1 aliphatic rings. The molecule has 2 rings (SSSR count). The van der Waals surface area contributed by atoms with E-state index in [1.807, 2.05) is 0 Å². The van der Waals surface area contributed by atoms with Crippen LogP contribution in [0.2, 0.25) is 5.02 Å². The van der Waals surface area contributed by atoms with Gasteiger partial charge in [0.2, 0.25) is 0 Å². The molecule has 6 nitrogen and oxygen atoms in total. The molecule has 0 radical (unpaired) electrons. The van der Waals surface area contributed by atoms with Gasteiger partial charge in [0.15, 0.2) is 0 Å². The second-order valence-electron chi connectivity index (χ2n) is 3.84. The van der Waals surface area contributed by atoms with Gasteiger partial charge in [-0.25, -0.2) is 5.06 Å². The van der Waals surface area contributed by atoms with Gasteiger partial charge in [-0.1, -0.05) is 17.7 Å². The molecule has 0 spiro atoms. The van der Waals surface area contributed by atoms with E-state index >= 15 is 0 Å². The lowest BCUT2D eigenvalue weighted by atomic mass is 10.1. The van der Waals surface area contributed by atoms with Gasteiger partial charge < -0.3 is 0 Å². The van der Waals surface area contributed by atoms with Crippen LogP contribution in [0.4, 0.5) is 5.69 Å². The van der Waals surface area contributed by atoms with Gasteiger partial charge in [-0.15, -0.1) is 0 Å². The van der Waals surface area contributed by atoms with Crippen molar-refractivity contribution in [2.45, 2.75) is 12.8 Å². The van der Waals surface area contributed by atoms with Crippen LogP contribution in [-0.2, 0) is 4.84 Å². The number of nitro benzene ring substituents is 1. The number of hydrogen-bond donors (Lipinski definition) is 0. The Hall–Kier alpha value is -1.66. The molecule has 1 amide bonds. The van der Waals surface area contributed by atoms with Crippen LogP contribution in [0.15, 0.2) is 18.2 Å². The number of rotatable bonds is 2. The molecule has 0 aromatic heterocycles. The summed E-state index contributed by atoms with van der Waals surface area (Å²) in [5.74, 6) is -0.563. The summed E-state index contributed by atoms with van der Waals surface area (Å²) in [6.45, 7) is 0.852. The monoisotopic (exact) mass is 270 g/mol. The number of hydrogen-bond acceptors (Lipinski definition) is 4. The van der Waals surface area contributed by atoms with Gasteiger partial charge in [-0.3, -0.25) is 19.7 Å². The maximum Gasteiger partial charge on any atom is 0.285 e. The molecular formula is C11H11ClN2O4. The third-order valence-electron chi connectivity index (χ3n) is 2.63. The Morgan fingerprint density at radius 2 is 2.22 bits per heavy atom. The minimum atomic E-state index is -0.622. The lowest BCUT2D eigenvalue weighted by Crippen LogP contribution is -2.36. The van der Waals surface area contributed by atoms with Crippen molar-refractivity contribution in [1.82, 2.24) is 5.06 Å². The predicted molar refractivity (Wildman–Crippen MR) is 64.3 cm³/mol. The first-order chi connectivity index (χ1) is 8.61. The van der Waals surface area contributed by atoms with Gasteiger partial charge in [0.1, 0.15) is 5.56 Å². The predicted octanol–water partition coefficient (Wildman–Crippen LogP) is 2.42. The molecular weight excluding hydrogens is 260 g/mol. The largest absolute Gasteiger partial charge is 0.285 e. The van der Waals surface area contributed by atoms with Gasteiger partial charge in [0, 0.05) is 12.6 Å². The van der Waals surface area contributed by atoms with Crippen molar-refractivity contribution in [2.24, 2.45) is 0 Å². The first-order valence-electron chi connectivity index (χ1n) is 5.49. The Balaban J connectivity index is 2.36. The van der Waals surface area contributed by atoms with Crippen molar-refractivity contribution in [3.05, 3.63) is 38.9 Å². The molecule has 0 N–H and O–H groups in total. The molecule has 1 aliphatic heterocycles. The van der Waals surface area contributed by atoms with E-state index in [0.29, 0.717) is 13.2 Å². The summed E-state index contributed by atoms with van der Waals surface area (Å²) in [6.07, 6.45) is 1.68. The fourth-order valence-electron chi connectivity index (χ4n) is 1.76. The lowest BCUT2D eigenvalue weighted by Gasteiger charge is -2.25. The summed E-state index contributed by atoms with van der Waals surface area (Å²) >= 11 is 5.88. The quantitative estimate of drug-likeness (QED) is 0.611. The van der Waals surface area contributed by atoms with Crippen molar-refractivity contribution in [3.8, 4) is 0 Å². The van der Waals surface area contributed by atoms with Gasteiger partial charge in [-0.05, 0) is 18.9 Å². The highest BCUT2D eigenvalue weighted by Crippen LogP contribution is 2.28. The number of halogens is 1. The molecule has 18 heavy (non-hydrogen) atoms. The van der Waals surface area contributed by atoms with Gasteiger partial charge in [0.05, 0.1) is 16.6 Å². The average molecular weight is 271 g/mol. The molecule has 0 aliphatic carbocycles. The molecule has 1 heterocycles. The van der Waals surface area contributed by atoms with Crippen molar-refractivity contribution in [1.29, 1.82) is 0 Å². The maximum absolute atomic E-state index is 12.2. The van der Waals surface area contributed by atoms with E-state index in [2.05, 4.69) is 0 Å². The van der Waals surface area contributed by atoms with Crippen LogP contribution < -0.4 is 0 Å². The van der Waals surface area contributed by atoms with Crippen LogP contribution in [0.3, 0.4) is 0 Å². The summed E-state index contributed by atoms with van der Waals surface area (Å²) in [5, 5.41) is 12.1. The highest BCUT2D eigenvalue weighted by molar-refractivity contribution is 6.34. The van der Waals surface area contributed by atoms with Gasteiger partial charge in [-0.2, -0.15) is 0 Å². The number of carbonyl (C=O) groups is 1. The third kappa shape index (κ3) is 2.44. The zero-order valence-electron chi connectivity index (χ0n) is 9.47. The Morgan fingerprint density at radius 1 is 1.44 bits per heavy atom. The topological polar surface area (TPSA) is 72.7 Å². The van der Waals surface area contributed by atoms with Crippen LogP contribution in [0.25, 0.3) is 0 Å². The lowest BCUT2D eigenvalue weighted by molar-refractivity contribution is -0.385. The highest BCUT2D eigenvalue weighted by atomic mass is 35.5. The molecule has 96 valence electrons. The minimum absolute atomic E-state index is 0.0587. The molecule has 7 heteroatoms. The second-order valence-corrected chi connectivity index (χ2v) is 4.25. The number of amides is 1.